The lowest BCUT2D eigenvalue weighted by atomic mass is 9.73. The number of ether oxygens (including phenoxy) is 1. The van der Waals surface area contributed by atoms with Gasteiger partial charge in [-0.3, -0.25) is 4.79 Å². The average molecular weight is 541 g/mol. The highest BCUT2D eigenvalue weighted by molar-refractivity contribution is 9.10. The summed E-state index contributed by atoms with van der Waals surface area (Å²) in [5.41, 5.74) is 7.54. The summed E-state index contributed by atoms with van der Waals surface area (Å²) in [6.45, 7) is 8.21. The van der Waals surface area contributed by atoms with Gasteiger partial charge in [-0.15, -0.1) is 11.8 Å². The van der Waals surface area contributed by atoms with Crippen LogP contribution in [0.15, 0.2) is 68.3 Å². The van der Waals surface area contributed by atoms with E-state index in [0.29, 0.717) is 18.6 Å². The molecule has 0 amide bonds. The number of allylic oxidation sites excluding steroid dienone is 3. The third-order valence-electron chi connectivity index (χ3n) is 6.51. The largest absolute Gasteiger partial charge is 0.463 e. The lowest BCUT2D eigenvalue weighted by Gasteiger charge is -2.35. The van der Waals surface area contributed by atoms with Gasteiger partial charge < -0.3 is 10.1 Å². The highest BCUT2D eigenvalue weighted by Gasteiger charge is 2.39. The molecule has 1 aliphatic heterocycles. The molecule has 34 heavy (non-hydrogen) atoms. The fourth-order valence-corrected chi connectivity index (χ4v) is 6.07. The van der Waals surface area contributed by atoms with Crippen LogP contribution in [0.3, 0.4) is 0 Å². The number of benzene rings is 2. The minimum atomic E-state index is -0.403. The minimum Gasteiger partial charge on any atom is -0.463 e. The van der Waals surface area contributed by atoms with E-state index in [-0.39, 0.29) is 11.8 Å². The minimum absolute atomic E-state index is 0.124. The molecule has 0 fully saturated rings. The van der Waals surface area contributed by atoms with Crippen LogP contribution in [0.4, 0.5) is 0 Å². The number of thioether (sulfide) groups is 1. The van der Waals surface area contributed by atoms with Crippen molar-refractivity contribution >= 4 is 39.4 Å². The second kappa shape index (κ2) is 10.5. The third-order valence-corrected chi connectivity index (χ3v) is 8.10. The summed E-state index contributed by atoms with van der Waals surface area (Å²) in [6, 6.07) is 12.7. The van der Waals surface area contributed by atoms with E-state index in [1.54, 1.807) is 11.8 Å². The van der Waals surface area contributed by atoms with Crippen molar-refractivity contribution in [2.24, 2.45) is 0 Å². The molecule has 0 saturated heterocycles. The van der Waals surface area contributed by atoms with Crippen LogP contribution in [0.1, 0.15) is 61.3 Å². The van der Waals surface area contributed by atoms with Crippen molar-refractivity contribution in [3.05, 3.63) is 85.7 Å². The van der Waals surface area contributed by atoms with E-state index < -0.39 is 5.92 Å². The Hall–Kier alpha value is -2.31. The Balaban J connectivity index is 1.78. The van der Waals surface area contributed by atoms with Gasteiger partial charge in [-0.05, 0) is 87.1 Å². The van der Waals surface area contributed by atoms with Gasteiger partial charge in [-0.2, -0.15) is 0 Å². The first-order valence-electron chi connectivity index (χ1n) is 11.7. The number of dihydropyridines is 1. The van der Waals surface area contributed by atoms with E-state index in [2.05, 4.69) is 59.4 Å². The maximum Gasteiger partial charge on any atom is 0.336 e. The van der Waals surface area contributed by atoms with E-state index in [9.17, 15) is 9.59 Å². The van der Waals surface area contributed by atoms with Gasteiger partial charge in [0.1, 0.15) is 0 Å². The Bertz CT molecular complexity index is 1200. The maximum absolute atomic E-state index is 13.2. The van der Waals surface area contributed by atoms with Crippen molar-refractivity contribution in [2.75, 3.05) is 6.61 Å². The number of carbonyl (C=O) groups is 2. The summed E-state index contributed by atoms with van der Waals surface area (Å²) in [5.74, 6) is 0.176. The molecule has 4 nitrogen and oxygen atoms in total. The summed E-state index contributed by atoms with van der Waals surface area (Å²) in [4.78, 5) is 27.5. The lowest BCUT2D eigenvalue weighted by molar-refractivity contribution is -0.138. The normalized spacial score (nSPS) is 18.0. The van der Waals surface area contributed by atoms with Crippen LogP contribution >= 0.6 is 27.7 Å². The summed E-state index contributed by atoms with van der Waals surface area (Å²) in [7, 11) is 0. The SMILES string of the molecule is CCOC(=O)C1=C(C)NC2=C(C(=O)CCC2)C1c1cc(CSc2ccc(Br)cc2)c(C)cc1C. The van der Waals surface area contributed by atoms with Gasteiger partial charge in [-0.25, -0.2) is 4.79 Å². The first-order chi connectivity index (χ1) is 16.3. The number of esters is 1. The highest BCUT2D eigenvalue weighted by atomic mass is 79.9. The molecular weight excluding hydrogens is 510 g/mol. The Kier molecular flexibility index (Phi) is 7.68. The van der Waals surface area contributed by atoms with E-state index in [1.807, 2.05) is 26.0 Å². The molecule has 178 valence electrons. The fraction of sp³-hybridized carbons (Fsp3) is 0.357. The second-order valence-electron chi connectivity index (χ2n) is 8.86. The molecule has 0 spiro atoms. The zero-order chi connectivity index (χ0) is 24.4. The van der Waals surface area contributed by atoms with Crippen LogP contribution in [0.25, 0.3) is 0 Å². The van der Waals surface area contributed by atoms with Crippen LogP contribution in [0.2, 0.25) is 0 Å². The van der Waals surface area contributed by atoms with Crippen LogP contribution in [-0.4, -0.2) is 18.4 Å². The number of carbonyl (C=O) groups excluding carboxylic acids is 2. The molecular formula is C28H30BrNO3S. The number of Topliss-reactive ketones (excluding diaryl/α,β-unsaturated/α-hetero) is 1. The monoisotopic (exact) mass is 539 g/mol. The zero-order valence-corrected chi connectivity index (χ0v) is 22.5. The van der Waals surface area contributed by atoms with Gasteiger partial charge in [0, 0.05) is 44.4 Å². The average Bonchev–Trinajstić information content (AvgIpc) is 2.79. The van der Waals surface area contributed by atoms with E-state index in [1.165, 1.54) is 16.0 Å². The van der Waals surface area contributed by atoms with Gasteiger partial charge in [0.25, 0.3) is 0 Å². The molecule has 2 aromatic carbocycles. The van der Waals surface area contributed by atoms with Crippen molar-refractivity contribution in [3.63, 3.8) is 0 Å². The van der Waals surface area contributed by atoms with Crippen LogP contribution in [0, 0.1) is 13.8 Å². The molecule has 4 rings (SSSR count). The zero-order valence-electron chi connectivity index (χ0n) is 20.1. The molecule has 0 saturated carbocycles. The Morgan fingerprint density at radius 2 is 1.85 bits per heavy atom. The highest BCUT2D eigenvalue weighted by Crippen LogP contribution is 2.44. The number of rotatable bonds is 6. The number of hydrogen-bond acceptors (Lipinski definition) is 5. The number of halogens is 1. The summed E-state index contributed by atoms with van der Waals surface area (Å²) >= 11 is 5.27. The van der Waals surface area contributed by atoms with Gasteiger partial charge in [-0.1, -0.05) is 28.1 Å². The molecule has 1 atom stereocenters. The van der Waals surface area contributed by atoms with E-state index in [4.69, 9.17) is 4.74 Å². The maximum atomic E-state index is 13.2. The molecule has 0 bridgehead atoms. The van der Waals surface area contributed by atoms with Crippen molar-refractivity contribution in [1.29, 1.82) is 0 Å². The predicted octanol–water partition coefficient (Wildman–Crippen LogP) is 6.89. The molecule has 1 unspecified atom stereocenters. The van der Waals surface area contributed by atoms with Gasteiger partial charge in [0.2, 0.25) is 0 Å². The quantitative estimate of drug-likeness (QED) is 0.320. The predicted molar refractivity (Wildman–Crippen MR) is 141 cm³/mol. The standard InChI is InChI=1S/C28H30BrNO3S/c1-5-33-28(32)25-18(4)30-23-7-6-8-24(31)27(23)26(25)22-14-19(16(2)13-17(22)3)15-34-21-11-9-20(29)10-12-21/h9-14,26,30H,5-8,15H2,1-4H3. The molecule has 2 aromatic rings. The van der Waals surface area contributed by atoms with Crippen LogP contribution < -0.4 is 5.32 Å². The molecule has 0 radical (unpaired) electrons. The molecule has 2 aliphatic rings. The number of aryl methyl sites for hydroxylation is 2. The van der Waals surface area contributed by atoms with Crippen molar-refractivity contribution in [3.8, 4) is 0 Å². The first-order valence-corrected chi connectivity index (χ1v) is 13.5. The van der Waals surface area contributed by atoms with Crippen molar-refractivity contribution in [2.45, 2.75) is 63.5 Å². The number of ketones is 1. The van der Waals surface area contributed by atoms with E-state index in [0.717, 1.165) is 51.2 Å². The Labute approximate surface area is 214 Å². The topological polar surface area (TPSA) is 55.4 Å². The lowest BCUT2D eigenvalue weighted by Crippen LogP contribution is -2.34. The van der Waals surface area contributed by atoms with E-state index >= 15 is 0 Å². The molecule has 0 aromatic heterocycles. The van der Waals surface area contributed by atoms with Gasteiger partial charge >= 0.3 is 5.97 Å². The molecule has 6 heteroatoms. The summed E-state index contributed by atoms with van der Waals surface area (Å²) in [5, 5.41) is 3.36. The fourth-order valence-electron chi connectivity index (χ4n) is 4.85. The van der Waals surface area contributed by atoms with Gasteiger partial charge in [0.15, 0.2) is 5.78 Å². The Morgan fingerprint density at radius 1 is 1.12 bits per heavy atom. The molecule has 1 N–H and O–H groups in total. The molecule has 1 aliphatic carbocycles. The number of hydrogen-bond donors (Lipinski definition) is 1. The second-order valence-corrected chi connectivity index (χ2v) is 10.8. The summed E-state index contributed by atoms with van der Waals surface area (Å²) < 4.78 is 6.51. The van der Waals surface area contributed by atoms with Crippen molar-refractivity contribution in [1.82, 2.24) is 5.32 Å². The summed E-state index contributed by atoms with van der Waals surface area (Å²) in [6.07, 6.45) is 2.17. The van der Waals surface area contributed by atoms with Crippen molar-refractivity contribution < 1.29 is 14.3 Å². The smallest absolute Gasteiger partial charge is 0.336 e. The van der Waals surface area contributed by atoms with Crippen LogP contribution in [-0.2, 0) is 20.1 Å². The first kappa shape index (κ1) is 24.8. The van der Waals surface area contributed by atoms with Gasteiger partial charge in [0.05, 0.1) is 12.2 Å². The van der Waals surface area contributed by atoms with Crippen LogP contribution in [0.5, 0.6) is 0 Å². The third kappa shape index (κ3) is 5.03. The number of nitrogens with one attached hydrogen (secondary N) is 1. The molecule has 1 heterocycles. The Morgan fingerprint density at radius 3 is 2.56 bits per heavy atom.